The van der Waals surface area contributed by atoms with Crippen molar-refractivity contribution >= 4 is 43.5 Å². The van der Waals surface area contributed by atoms with Gasteiger partial charge in [-0.15, -0.1) is 0 Å². The number of rotatable bonds is 2. The van der Waals surface area contributed by atoms with Gasteiger partial charge < -0.3 is 15.8 Å². The van der Waals surface area contributed by atoms with Crippen molar-refractivity contribution in [1.29, 1.82) is 0 Å². The maximum Gasteiger partial charge on any atom is 0.245 e. The quantitative estimate of drug-likeness (QED) is 0.776. The Hall–Kier alpha value is -1.44. The second-order valence-electron chi connectivity index (χ2n) is 4.51. The van der Waals surface area contributed by atoms with Crippen LogP contribution >= 0.6 is 31.9 Å². The lowest BCUT2D eigenvalue weighted by Gasteiger charge is -2.11. The highest BCUT2D eigenvalue weighted by Gasteiger charge is 2.28. The van der Waals surface area contributed by atoms with Crippen LogP contribution in [0, 0.1) is 5.82 Å². The summed E-state index contributed by atoms with van der Waals surface area (Å²) in [6, 6.07) is 6.88. The van der Waals surface area contributed by atoms with Crippen LogP contribution in [0.1, 0.15) is 11.6 Å². The molecule has 4 nitrogen and oxygen atoms in total. The number of nitrogens with two attached hydrogens (primary N) is 1. The van der Waals surface area contributed by atoms with Crippen LogP contribution in [0.5, 0.6) is 11.5 Å². The van der Waals surface area contributed by atoms with E-state index in [4.69, 9.17) is 10.5 Å². The van der Waals surface area contributed by atoms with Crippen molar-refractivity contribution in [2.24, 2.45) is 5.73 Å². The highest BCUT2D eigenvalue weighted by atomic mass is 79.9. The first-order valence-corrected chi connectivity index (χ1v) is 7.57. The Balaban J connectivity index is 1.97. The molecule has 0 bridgehead atoms. The number of benzene rings is 2. The van der Waals surface area contributed by atoms with Crippen molar-refractivity contribution in [3.05, 3.63) is 50.7 Å². The first kappa shape index (κ1) is 14.5. The Morgan fingerprint density at radius 1 is 1.14 bits per heavy atom. The summed E-state index contributed by atoms with van der Waals surface area (Å²) in [4.78, 5) is 11.6. The van der Waals surface area contributed by atoms with E-state index < -0.39 is 6.04 Å². The fourth-order valence-corrected chi connectivity index (χ4v) is 2.91. The average molecular weight is 416 g/mol. The van der Waals surface area contributed by atoms with Crippen LogP contribution in [0.25, 0.3) is 0 Å². The maximum atomic E-state index is 13.1. The number of fused-ring (bicyclic) bond motifs is 1. The van der Waals surface area contributed by atoms with Gasteiger partial charge in [0.25, 0.3) is 0 Å². The summed E-state index contributed by atoms with van der Waals surface area (Å²) >= 11 is 6.63. The third-order valence-corrected chi connectivity index (χ3v) is 4.33. The molecule has 0 saturated carbocycles. The van der Waals surface area contributed by atoms with Gasteiger partial charge in [-0.05, 0) is 56.1 Å². The van der Waals surface area contributed by atoms with Gasteiger partial charge in [-0.25, -0.2) is 4.39 Å². The Morgan fingerprint density at radius 2 is 1.86 bits per heavy atom. The highest BCUT2D eigenvalue weighted by Crippen LogP contribution is 2.40. The van der Waals surface area contributed by atoms with E-state index in [9.17, 15) is 9.18 Å². The first-order chi connectivity index (χ1) is 9.95. The summed E-state index contributed by atoms with van der Waals surface area (Å²) in [6.45, 7) is 0. The fourth-order valence-electron chi connectivity index (χ4n) is 2.04. The largest absolute Gasteiger partial charge is 0.455 e. The molecular weight excluding hydrogens is 407 g/mol. The number of halogens is 3. The molecule has 0 radical (unpaired) electrons. The zero-order valence-electron chi connectivity index (χ0n) is 10.5. The van der Waals surface area contributed by atoms with E-state index in [1.807, 2.05) is 0 Å². The minimum atomic E-state index is -0.678. The van der Waals surface area contributed by atoms with Crippen molar-refractivity contribution in [3.63, 3.8) is 0 Å². The van der Waals surface area contributed by atoms with Gasteiger partial charge in [-0.1, -0.05) is 0 Å². The molecule has 1 atom stereocenters. The van der Waals surface area contributed by atoms with E-state index in [1.54, 1.807) is 12.1 Å². The van der Waals surface area contributed by atoms with Gasteiger partial charge in [0.1, 0.15) is 23.4 Å². The molecule has 2 aromatic carbocycles. The molecule has 3 N–H and O–H groups in total. The van der Waals surface area contributed by atoms with Crippen LogP contribution in [-0.4, -0.2) is 5.91 Å². The van der Waals surface area contributed by atoms with Gasteiger partial charge in [0.2, 0.25) is 5.91 Å². The van der Waals surface area contributed by atoms with Gasteiger partial charge >= 0.3 is 0 Å². The predicted octanol–water partition coefficient (Wildman–Crippen LogP) is 4.09. The molecule has 0 saturated heterocycles. The number of nitrogens with one attached hydrogen (secondary N) is 1. The van der Waals surface area contributed by atoms with Crippen LogP contribution in [0.4, 0.5) is 10.1 Å². The lowest BCUT2D eigenvalue weighted by atomic mass is 10.1. The van der Waals surface area contributed by atoms with Crippen molar-refractivity contribution < 1.29 is 13.9 Å². The number of ether oxygens (including phenoxy) is 1. The molecule has 108 valence electrons. The second-order valence-corrected chi connectivity index (χ2v) is 6.22. The third kappa shape index (κ3) is 2.68. The van der Waals surface area contributed by atoms with Crippen LogP contribution in [0.3, 0.4) is 0 Å². The molecule has 1 amide bonds. The van der Waals surface area contributed by atoms with E-state index in [1.165, 1.54) is 18.2 Å². The molecule has 21 heavy (non-hydrogen) atoms. The number of carbonyl (C=O) groups is 1. The van der Waals surface area contributed by atoms with E-state index in [0.717, 1.165) is 0 Å². The fraction of sp³-hybridized carbons (Fsp3) is 0.0714. The van der Waals surface area contributed by atoms with Crippen LogP contribution in [-0.2, 0) is 4.79 Å². The summed E-state index contributed by atoms with van der Waals surface area (Å²) in [6.07, 6.45) is 0. The zero-order valence-corrected chi connectivity index (χ0v) is 13.7. The molecule has 3 rings (SSSR count). The topological polar surface area (TPSA) is 64.4 Å². The Kier molecular flexibility index (Phi) is 3.73. The summed E-state index contributed by atoms with van der Waals surface area (Å²) in [5.41, 5.74) is 7.10. The van der Waals surface area contributed by atoms with E-state index >= 15 is 0 Å². The number of anilines is 1. The molecule has 0 aliphatic carbocycles. The minimum absolute atomic E-state index is 0.253. The lowest BCUT2D eigenvalue weighted by Crippen LogP contribution is -2.19. The van der Waals surface area contributed by atoms with Crippen molar-refractivity contribution in [3.8, 4) is 11.5 Å². The Morgan fingerprint density at radius 3 is 2.57 bits per heavy atom. The van der Waals surface area contributed by atoms with E-state index in [2.05, 4.69) is 37.2 Å². The molecule has 2 aromatic rings. The first-order valence-electron chi connectivity index (χ1n) is 5.98. The third-order valence-electron chi connectivity index (χ3n) is 3.09. The Labute approximate surface area is 136 Å². The zero-order chi connectivity index (χ0) is 15.1. The molecule has 0 aromatic heterocycles. The van der Waals surface area contributed by atoms with Gasteiger partial charge in [-0.3, -0.25) is 4.79 Å². The van der Waals surface area contributed by atoms with Crippen molar-refractivity contribution in [1.82, 2.24) is 0 Å². The van der Waals surface area contributed by atoms with E-state index in [0.29, 0.717) is 31.7 Å². The highest BCUT2D eigenvalue weighted by molar-refractivity contribution is 9.11. The van der Waals surface area contributed by atoms with Gasteiger partial charge in [0, 0.05) is 17.3 Å². The van der Waals surface area contributed by atoms with Gasteiger partial charge in [0.05, 0.1) is 8.95 Å². The SMILES string of the molecule is NC1C(=O)Nc2cc(Oc3ccc(F)cc3Br)c(Br)cc21. The summed E-state index contributed by atoms with van der Waals surface area (Å²) < 4.78 is 20.0. The molecular formula is C14H9Br2FN2O2. The molecule has 0 fully saturated rings. The monoisotopic (exact) mass is 414 g/mol. The summed E-state index contributed by atoms with van der Waals surface area (Å²) in [7, 11) is 0. The van der Waals surface area contributed by atoms with Crippen LogP contribution < -0.4 is 15.8 Å². The van der Waals surface area contributed by atoms with Crippen molar-refractivity contribution in [2.75, 3.05) is 5.32 Å². The maximum absolute atomic E-state index is 13.1. The molecule has 7 heteroatoms. The smallest absolute Gasteiger partial charge is 0.245 e. The number of hydrogen-bond acceptors (Lipinski definition) is 3. The standard InChI is InChI=1S/C14H9Br2FN2O2/c15-8-3-6(17)1-2-11(8)21-12-5-10-7(4-9(12)16)13(18)14(20)19-10/h1-5,13H,18H2,(H,19,20). The van der Waals surface area contributed by atoms with Gasteiger partial charge in [-0.2, -0.15) is 0 Å². The number of carbonyl (C=O) groups excluding carboxylic acids is 1. The number of amides is 1. The molecule has 1 aliphatic rings. The van der Waals surface area contributed by atoms with Crippen LogP contribution in [0.15, 0.2) is 39.3 Å². The molecule has 0 spiro atoms. The summed E-state index contributed by atoms with van der Waals surface area (Å²) in [5.74, 6) is 0.346. The van der Waals surface area contributed by atoms with Crippen LogP contribution in [0.2, 0.25) is 0 Å². The normalized spacial score (nSPS) is 16.6. The predicted molar refractivity (Wildman–Crippen MR) is 83.9 cm³/mol. The summed E-state index contributed by atoms with van der Waals surface area (Å²) in [5, 5.41) is 2.69. The minimum Gasteiger partial charge on any atom is -0.455 e. The molecule has 1 aliphatic heterocycles. The molecule has 1 unspecified atom stereocenters. The second kappa shape index (κ2) is 5.40. The van der Waals surface area contributed by atoms with Gasteiger partial charge in [0.15, 0.2) is 0 Å². The van der Waals surface area contributed by atoms with E-state index in [-0.39, 0.29) is 11.7 Å². The molecule has 1 heterocycles. The average Bonchev–Trinajstić information content (AvgIpc) is 2.69. The number of hydrogen-bond donors (Lipinski definition) is 2. The van der Waals surface area contributed by atoms with Crippen molar-refractivity contribution in [2.45, 2.75) is 6.04 Å². The Bertz CT molecular complexity index is 752. The lowest BCUT2D eigenvalue weighted by molar-refractivity contribution is -0.116.